The standard InChI is InChI=1S/C27H30BrClN4O5/c1-5-37-22-13-17(12-20(29)24(22)38-16-23(34)32-8-10-36-11-9-32)15-30-33-25(35)19-14-18(28)6-7-21(19)31-26(33)27(2,3)4/h6-7,12-15H,5,8-11,16H2,1-4H3. The third-order valence-corrected chi connectivity index (χ3v) is 6.61. The van der Waals surface area contributed by atoms with Crippen molar-refractivity contribution < 1.29 is 19.0 Å². The van der Waals surface area contributed by atoms with Gasteiger partial charge in [0.2, 0.25) is 0 Å². The van der Waals surface area contributed by atoms with E-state index in [1.807, 2.05) is 33.8 Å². The molecule has 202 valence electrons. The van der Waals surface area contributed by atoms with E-state index in [1.165, 1.54) is 10.9 Å². The Morgan fingerprint density at radius 2 is 1.95 bits per heavy atom. The summed E-state index contributed by atoms with van der Waals surface area (Å²) in [5.74, 6) is 1.02. The number of carbonyl (C=O) groups excluding carboxylic acids is 1. The van der Waals surface area contributed by atoms with Crippen LogP contribution in [0.4, 0.5) is 0 Å². The van der Waals surface area contributed by atoms with Gasteiger partial charge in [-0.1, -0.05) is 48.3 Å². The van der Waals surface area contributed by atoms with Crippen LogP contribution in [-0.2, 0) is 14.9 Å². The molecule has 0 aliphatic carbocycles. The molecule has 4 rings (SSSR count). The number of halogens is 2. The van der Waals surface area contributed by atoms with Crippen molar-refractivity contribution in [3.8, 4) is 11.5 Å². The number of ether oxygens (including phenoxy) is 3. The van der Waals surface area contributed by atoms with Crippen LogP contribution in [0.1, 0.15) is 39.1 Å². The number of hydrogen-bond donors (Lipinski definition) is 0. The van der Waals surface area contributed by atoms with Crippen molar-refractivity contribution in [2.24, 2.45) is 5.10 Å². The van der Waals surface area contributed by atoms with Crippen molar-refractivity contribution >= 4 is 50.6 Å². The maximum atomic E-state index is 13.4. The third kappa shape index (κ3) is 6.36. The van der Waals surface area contributed by atoms with Crippen molar-refractivity contribution in [3.05, 3.63) is 61.6 Å². The first-order valence-electron chi connectivity index (χ1n) is 12.3. The van der Waals surface area contributed by atoms with Gasteiger partial charge in [0.1, 0.15) is 5.82 Å². The number of carbonyl (C=O) groups is 1. The van der Waals surface area contributed by atoms with Gasteiger partial charge in [0, 0.05) is 23.0 Å². The average molecular weight is 606 g/mol. The fraction of sp³-hybridized carbons (Fsp3) is 0.407. The number of fused-ring (bicyclic) bond motifs is 1. The molecule has 1 aromatic heterocycles. The molecule has 0 unspecified atom stereocenters. The third-order valence-electron chi connectivity index (χ3n) is 5.84. The van der Waals surface area contributed by atoms with E-state index >= 15 is 0 Å². The van der Waals surface area contributed by atoms with E-state index in [0.29, 0.717) is 61.0 Å². The Labute approximate surface area is 234 Å². The number of hydrogen-bond acceptors (Lipinski definition) is 7. The Morgan fingerprint density at radius 1 is 1.21 bits per heavy atom. The SMILES string of the molecule is CCOc1cc(C=Nn2c(C(C)(C)C)nc3ccc(Br)cc3c2=O)cc(Cl)c1OCC(=O)N1CCOCC1. The smallest absolute Gasteiger partial charge is 0.282 e. The molecule has 9 nitrogen and oxygen atoms in total. The lowest BCUT2D eigenvalue weighted by molar-refractivity contribution is -0.137. The summed E-state index contributed by atoms with van der Waals surface area (Å²) >= 11 is 9.98. The minimum absolute atomic E-state index is 0.151. The summed E-state index contributed by atoms with van der Waals surface area (Å²) in [4.78, 5) is 32.4. The van der Waals surface area contributed by atoms with E-state index < -0.39 is 5.41 Å². The highest BCUT2D eigenvalue weighted by Crippen LogP contribution is 2.36. The Morgan fingerprint density at radius 3 is 2.63 bits per heavy atom. The van der Waals surface area contributed by atoms with Crippen LogP contribution in [-0.4, -0.2) is 66.2 Å². The lowest BCUT2D eigenvalue weighted by Crippen LogP contribution is -2.43. The van der Waals surface area contributed by atoms with E-state index in [1.54, 1.807) is 29.2 Å². The van der Waals surface area contributed by atoms with E-state index in [-0.39, 0.29) is 28.8 Å². The summed E-state index contributed by atoms with van der Waals surface area (Å²) in [5, 5.41) is 5.21. The molecule has 1 saturated heterocycles. The molecule has 38 heavy (non-hydrogen) atoms. The molecule has 2 aromatic carbocycles. The summed E-state index contributed by atoms with van der Waals surface area (Å²) in [6, 6.07) is 8.75. The molecule has 0 atom stereocenters. The van der Waals surface area contributed by atoms with Crippen molar-refractivity contribution in [1.29, 1.82) is 0 Å². The van der Waals surface area contributed by atoms with Gasteiger partial charge in [0.05, 0.1) is 42.0 Å². The first-order chi connectivity index (χ1) is 18.1. The minimum Gasteiger partial charge on any atom is -0.490 e. The predicted molar refractivity (Wildman–Crippen MR) is 151 cm³/mol. The van der Waals surface area contributed by atoms with Gasteiger partial charge in [0.15, 0.2) is 18.1 Å². The summed E-state index contributed by atoms with van der Waals surface area (Å²) in [6.45, 7) is 10.0. The van der Waals surface area contributed by atoms with Gasteiger partial charge < -0.3 is 19.1 Å². The van der Waals surface area contributed by atoms with E-state index in [4.69, 9.17) is 30.8 Å². The zero-order chi connectivity index (χ0) is 27.4. The molecule has 0 bridgehead atoms. The zero-order valence-electron chi connectivity index (χ0n) is 21.8. The molecular weight excluding hydrogens is 576 g/mol. The Balaban J connectivity index is 1.67. The summed E-state index contributed by atoms with van der Waals surface area (Å²) in [7, 11) is 0. The first kappa shape index (κ1) is 28.1. The Hall–Kier alpha value is -2.95. The quantitative estimate of drug-likeness (QED) is 0.365. The van der Waals surface area contributed by atoms with Gasteiger partial charge in [-0.15, -0.1) is 0 Å². The average Bonchev–Trinajstić information content (AvgIpc) is 2.88. The topological polar surface area (TPSA) is 95.2 Å². The van der Waals surface area contributed by atoms with Crippen molar-refractivity contribution in [3.63, 3.8) is 0 Å². The number of benzene rings is 2. The molecule has 11 heteroatoms. The highest BCUT2D eigenvalue weighted by atomic mass is 79.9. The summed E-state index contributed by atoms with van der Waals surface area (Å²) < 4.78 is 18.9. The molecule has 2 heterocycles. The van der Waals surface area contributed by atoms with Gasteiger partial charge in [0.25, 0.3) is 11.5 Å². The van der Waals surface area contributed by atoms with Crippen molar-refractivity contribution in [1.82, 2.24) is 14.6 Å². The van der Waals surface area contributed by atoms with Gasteiger partial charge in [-0.25, -0.2) is 4.98 Å². The lowest BCUT2D eigenvalue weighted by atomic mass is 9.95. The van der Waals surface area contributed by atoms with E-state index in [2.05, 4.69) is 21.0 Å². The number of morpholine rings is 1. The lowest BCUT2D eigenvalue weighted by Gasteiger charge is -2.27. The van der Waals surface area contributed by atoms with Crippen LogP contribution in [0.3, 0.4) is 0 Å². The molecular formula is C27H30BrClN4O5. The predicted octanol–water partition coefficient (Wildman–Crippen LogP) is 4.63. The Kier molecular flexibility index (Phi) is 8.74. The van der Waals surface area contributed by atoms with Gasteiger partial charge in [-0.2, -0.15) is 9.78 Å². The van der Waals surface area contributed by atoms with Crippen LogP contribution >= 0.6 is 27.5 Å². The number of rotatable bonds is 7. The van der Waals surface area contributed by atoms with Crippen LogP contribution in [0.15, 0.2) is 44.7 Å². The number of nitrogens with zero attached hydrogens (tertiary/aromatic N) is 4. The fourth-order valence-electron chi connectivity index (χ4n) is 3.97. The largest absolute Gasteiger partial charge is 0.490 e. The number of aromatic nitrogens is 2. The van der Waals surface area contributed by atoms with Gasteiger partial charge in [-0.3, -0.25) is 9.59 Å². The molecule has 0 radical (unpaired) electrons. The normalized spacial score (nSPS) is 14.3. The molecule has 0 N–H and O–H groups in total. The van der Waals surface area contributed by atoms with Crippen LogP contribution < -0.4 is 15.0 Å². The second-order valence-corrected chi connectivity index (χ2v) is 11.1. The van der Waals surface area contributed by atoms with Crippen LogP contribution in [0, 0.1) is 0 Å². The molecule has 3 aromatic rings. The van der Waals surface area contributed by atoms with Crippen molar-refractivity contribution in [2.45, 2.75) is 33.1 Å². The van der Waals surface area contributed by atoms with Gasteiger partial charge >= 0.3 is 0 Å². The monoisotopic (exact) mass is 604 g/mol. The molecule has 0 spiro atoms. The summed E-state index contributed by atoms with van der Waals surface area (Å²) in [6.07, 6.45) is 1.53. The Bertz CT molecular complexity index is 1430. The maximum Gasteiger partial charge on any atom is 0.282 e. The molecule has 1 aliphatic heterocycles. The maximum absolute atomic E-state index is 13.4. The zero-order valence-corrected chi connectivity index (χ0v) is 24.1. The second-order valence-electron chi connectivity index (χ2n) is 9.75. The molecule has 1 fully saturated rings. The van der Waals surface area contributed by atoms with Gasteiger partial charge in [-0.05, 0) is 42.8 Å². The molecule has 1 aliphatic rings. The fourth-order valence-corrected chi connectivity index (χ4v) is 4.60. The first-order valence-corrected chi connectivity index (χ1v) is 13.5. The highest BCUT2D eigenvalue weighted by Gasteiger charge is 2.23. The van der Waals surface area contributed by atoms with Crippen LogP contribution in [0.25, 0.3) is 10.9 Å². The molecule has 0 saturated carbocycles. The second kappa shape index (κ2) is 11.8. The van der Waals surface area contributed by atoms with Crippen LogP contribution in [0.5, 0.6) is 11.5 Å². The van der Waals surface area contributed by atoms with Crippen LogP contribution in [0.2, 0.25) is 5.02 Å². The van der Waals surface area contributed by atoms with Crippen molar-refractivity contribution in [2.75, 3.05) is 39.5 Å². The highest BCUT2D eigenvalue weighted by molar-refractivity contribution is 9.10. The van der Waals surface area contributed by atoms with E-state index in [0.717, 1.165) is 4.47 Å². The number of amides is 1. The van der Waals surface area contributed by atoms with E-state index in [9.17, 15) is 9.59 Å². The minimum atomic E-state index is -0.448. The summed E-state index contributed by atoms with van der Waals surface area (Å²) in [5.41, 5.74) is 0.460. The molecule has 1 amide bonds.